The zero-order chi connectivity index (χ0) is 14.4. The van der Waals surface area contributed by atoms with Gasteiger partial charge in [0.25, 0.3) is 0 Å². The number of rotatable bonds is 4. The number of hydrogen-bond acceptors (Lipinski definition) is 3. The third-order valence-electron chi connectivity index (χ3n) is 2.92. The molecule has 3 N–H and O–H groups in total. The van der Waals surface area contributed by atoms with E-state index in [2.05, 4.69) is 34.1 Å². The summed E-state index contributed by atoms with van der Waals surface area (Å²) in [5.74, 6) is 1.04. The van der Waals surface area contributed by atoms with Gasteiger partial charge in [-0.3, -0.25) is 9.98 Å². The molecular weight excluding hydrogens is 250 g/mol. The Morgan fingerprint density at radius 2 is 1.85 bits per heavy atom. The van der Waals surface area contributed by atoms with Crippen molar-refractivity contribution in [3.05, 3.63) is 54.5 Å². The summed E-state index contributed by atoms with van der Waals surface area (Å²) in [6.07, 6.45) is 3.49. The number of nitrogens with two attached hydrogens (primary N) is 1. The molecule has 0 aliphatic rings. The minimum absolute atomic E-state index is 0.169. The molecule has 0 radical (unpaired) electrons. The summed E-state index contributed by atoms with van der Waals surface area (Å²) in [6, 6.07) is 11.5. The minimum Gasteiger partial charge on any atom is -0.370 e. The Bertz CT molecular complexity index is 563. The van der Waals surface area contributed by atoms with E-state index in [-0.39, 0.29) is 5.41 Å². The molecule has 0 fully saturated rings. The summed E-state index contributed by atoms with van der Waals surface area (Å²) >= 11 is 0. The first kappa shape index (κ1) is 14.0. The summed E-state index contributed by atoms with van der Waals surface area (Å²) in [6.45, 7) is 4.73. The Morgan fingerprint density at radius 3 is 2.45 bits per heavy atom. The highest BCUT2D eigenvalue weighted by atomic mass is 15.1. The second-order valence-corrected chi connectivity index (χ2v) is 5.14. The van der Waals surface area contributed by atoms with Crippen LogP contribution in [0.3, 0.4) is 0 Å². The summed E-state index contributed by atoms with van der Waals surface area (Å²) in [5.41, 5.74) is 6.70. The second-order valence-electron chi connectivity index (χ2n) is 5.14. The van der Waals surface area contributed by atoms with Crippen molar-refractivity contribution in [3.63, 3.8) is 0 Å². The molecule has 2 rings (SSSR count). The number of hydrogen-bond donors (Lipinski definition) is 2. The molecule has 0 aromatic carbocycles. The first-order chi connectivity index (χ1) is 9.58. The van der Waals surface area contributed by atoms with Crippen molar-refractivity contribution >= 4 is 11.8 Å². The number of anilines is 1. The van der Waals surface area contributed by atoms with Gasteiger partial charge in [-0.15, -0.1) is 0 Å². The van der Waals surface area contributed by atoms with Gasteiger partial charge in [-0.25, -0.2) is 4.98 Å². The average molecular weight is 269 g/mol. The van der Waals surface area contributed by atoms with Crippen LogP contribution in [0.15, 0.2) is 53.8 Å². The minimum atomic E-state index is -0.169. The van der Waals surface area contributed by atoms with Gasteiger partial charge in [-0.2, -0.15) is 0 Å². The van der Waals surface area contributed by atoms with Crippen LogP contribution >= 0.6 is 0 Å². The molecule has 0 saturated heterocycles. The van der Waals surface area contributed by atoms with E-state index in [1.54, 1.807) is 12.4 Å². The fourth-order valence-electron chi connectivity index (χ4n) is 1.73. The second kappa shape index (κ2) is 6.14. The van der Waals surface area contributed by atoms with Gasteiger partial charge in [0.15, 0.2) is 5.96 Å². The molecular formula is C15H19N5. The highest BCUT2D eigenvalue weighted by Gasteiger charge is 2.21. The molecule has 20 heavy (non-hydrogen) atoms. The average Bonchev–Trinajstić information content (AvgIpc) is 2.47. The van der Waals surface area contributed by atoms with Crippen LogP contribution in [0.1, 0.15) is 19.5 Å². The van der Waals surface area contributed by atoms with Crippen LogP contribution < -0.4 is 11.1 Å². The fraction of sp³-hybridized carbons (Fsp3) is 0.267. The Morgan fingerprint density at radius 1 is 1.15 bits per heavy atom. The summed E-state index contributed by atoms with van der Waals surface area (Å²) in [4.78, 5) is 12.9. The van der Waals surface area contributed by atoms with Crippen LogP contribution in [-0.2, 0) is 5.41 Å². The van der Waals surface area contributed by atoms with E-state index < -0.39 is 0 Å². The van der Waals surface area contributed by atoms with Crippen LogP contribution in [0.4, 0.5) is 5.82 Å². The molecule has 0 aliphatic heterocycles. The normalized spacial score (nSPS) is 12.2. The number of nitrogens with zero attached hydrogens (tertiary/aromatic N) is 3. The molecule has 2 aromatic rings. The van der Waals surface area contributed by atoms with Crippen LogP contribution in [0.25, 0.3) is 0 Å². The van der Waals surface area contributed by atoms with Gasteiger partial charge in [0, 0.05) is 23.5 Å². The Labute approximate surface area is 119 Å². The first-order valence-corrected chi connectivity index (χ1v) is 6.47. The topological polar surface area (TPSA) is 76.2 Å². The summed E-state index contributed by atoms with van der Waals surface area (Å²) < 4.78 is 0. The highest BCUT2D eigenvalue weighted by Crippen LogP contribution is 2.20. The molecule has 5 heteroatoms. The Hall–Kier alpha value is -2.43. The zero-order valence-electron chi connectivity index (χ0n) is 11.7. The van der Waals surface area contributed by atoms with Crippen molar-refractivity contribution in [2.75, 3.05) is 11.9 Å². The standard InChI is InChI=1S/C15H19N5/c1-15(2,12-7-3-5-9-17-12)11-19-14(16)20-13-8-4-6-10-18-13/h3-10H,11H2,1-2H3,(H3,16,18,19,20). The van der Waals surface area contributed by atoms with E-state index in [0.29, 0.717) is 18.3 Å². The van der Waals surface area contributed by atoms with Crippen molar-refractivity contribution in [2.24, 2.45) is 10.7 Å². The van der Waals surface area contributed by atoms with Gasteiger partial charge in [-0.1, -0.05) is 26.0 Å². The third kappa shape index (κ3) is 3.78. The maximum absolute atomic E-state index is 5.87. The molecule has 0 spiro atoms. The molecule has 2 aromatic heterocycles. The number of aromatic nitrogens is 2. The van der Waals surface area contributed by atoms with E-state index in [1.165, 1.54) is 0 Å². The molecule has 0 amide bonds. The van der Waals surface area contributed by atoms with E-state index in [9.17, 15) is 0 Å². The maximum Gasteiger partial charge on any atom is 0.194 e. The number of pyridine rings is 2. The SMILES string of the molecule is CC(C)(CN=C(N)Nc1ccccn1)c1ccccn1. The predicted octanol–water partition coefficient (Wildman–Crippen LogP) is 2.18. The van der Waals surface area contributed by atoms with Gasteiger partial charge in [-0.05, 0) is 24.3 Å². The third-order valence-corrected chi connectivity index (χ3v) is 2.92. The highest BCUT2D eigenvalue weighted by molar-refractivity contribution is 5.91. The van der Waals surface area contributed by atoms with Crippen LogP contribution in [-0.4, -0.2) is 22.5 Å². The molecule has 0 unspecified atom stereocenters. The molecule has 0 atom stereocenters. The van der Waals surface area contributed by atoms with E-state index >= 15 is 0 Å². The molecule has 5 nitrogen and oxygen atoms in total. The molecule has 2 heterocycles. The van der Waals surface area contributed by atoms with Crippen molar-refractivity contribution < 1.29 is 0 Å². The van der Waals surface area contributed by atoms with Crippen molar-refractivity contribution in [1.82, 2.24) is 9.97 Å². The van der Waals surface area contributed by atoms with Gasteiger partial charge < -0.3 is 11.1 Å². The number of aliphatic imine (C=N–C) groups is 1. The van der Waals surface area contributed by atoms with Crippen LogP contribution in [0.5, 0.6) is 0 Å². The van der Waals surface area contributed by atoms with E-state index in [4.69, 9.17) is 5.73 Å². The van der Waals surface area contributed by atoms with Crippen molar-refractivity contribution in [1.29, 1.82) is 0 Å². The predicted molar refractivity (Wildman–Crippen MR) is 81.6 cm³/mol. The Balaban J connectivity index is 2.01. The van der Waals surface area contributed by atoms with Gasteiger partial charge in [0.2, 0.25) is 0 Å². The number of nitrogens with one attached hydrogen (secondary N) is 1. The quantitative estimate of drug-likeness (QED) is 0.659. The van der Waals surface area contributed by atoms with Gasteiger partial charge in [0.05, 0.1) is 6.54 Å². The maximum atomic E-state index is 5.87. The smallest absolute Gasteiger partial charge is 0.194 e. The van der Waals surface area contributed by atoms with Crippen molar-refractivity contribution in [2.45, 2.75) is 19.3 Å². The fourth-order valence-corrected chi connectivity index (χ4v) is 1.73. The van der Waals surface area contributed by atoms with Gasteiger partial charge >= 0.3 is 0 Å². The number of guanidine groups is 1. The lowest BCUT2D eigenvalue weighted by atomic mass is 9.89. The van der Waals surface area contributed by atoms with Crippen LogP contribution in [0.2, 0.25) is 0 Å². The van der Waals surface area contributed by atoms with Gasteiger partial charge in [0.1, 0.15) is 5.82 Å². The lowest BCUT2D eigenvalue weighted by molar-refractivity contribution is 0.523. The Kier molecular flexibility index (Phi) is 4.30. The largest absolute Gasteiger partial charge is 0.370 e. The summed E-state index contributed by atoms with van der Waals surface area (Å²) in [7, 11) is 0. The monoisotopic (exact) mass is 269 g/mol. The molecule has 0 saturated carbocycles. The molecule has 104 valence electrons. The zero-order valence-corrected chi connectivity index (χ0v) is 11.7. The van der Waals surface area contributed by atoms with Crippen LogP contribution in [0, 0.1) is 0 Å². The first-order valence-electron chi connectivity index (χ1n) is 6.47. The lowest BCUT2D eigenvalue weighted by Gasteiger charge is -2.21. The van der Waals surface area contributed by atoms with E-state index in [1.807, 2.05) is 36.4 Å². The molecule has 0 aliphatic carbocycles. The summed E-state index contributed by atoms with van der Waals surface area (Å²) in [5, 5.41) is 2.96. The molecule has 0 bridgehead atoms. The van der Waals surface area contributed by atoms with Crippen molar-refractivity contribution in [3.8, 4) is 0 Å². The van der Waals surface area contributed by atoms with E-state index in [0.717, 1.165) is 5.69 Å². The lowest BCUT2D eigenvalue weighted by Crippen LogP contribution is -2.28.